The van der Waals surface area contributed by atoms with E-state index in [4.69, 9.17) is 9.57 Å². The van der Waals surface area contributed by atoms with E-state index in [1.54, 1.807) is 26.0 Å². The minimum atomic E-state index is -3.92. The molecule has 0 amide bonds. The van der Waals surface area contributed by atoms with Crippen molar-refractivity contribution >= 4 is 16.0 Å². The molecule has 142 valence electrons. The van der Waals surface area contributed by atoms with Crippen molar-refractivity contribution in [3.63, 3.8) is 0 Å². The summed E-state index contributed by atoms with van der Waals surface area (Å²) in [6.45, 7) is 3.63. The molecule has 2 rings (SSSR count). The number of hydroxylamine groups is 1. The highest BCUT2D eigenvalue weighted by Crippen LogP contribution is 2.26. The second kappa shape index (κ2) is 9.60. The second-order valence-electron chi connectivity index (χ2n) is 6.06. The predicted molar refractivity (Wildman–Crippen MR) is 97.6 cm³/mol. The van der Waals surface area contributed by atoms with Gasteiger partial charge in [-0.25, -0.2) is 8.42 Å². The van der Waals surface area contributed by atoms with E-state index >= 15 is 0 Å². The highest BCUT2D eigenvalue weighted by Gasteiger charge is 2.31. The standard InChI is InChI=1S/C19H25NO5S/c1-3-5-15-24-17-11-13-18(14-12-17)26(22,23)20(4-2)25-19(21)16-9-7-6-8-10-16/h11-14,16H,4,6-10,15H2,1-2H3. The number of carbonyl (C=O) groups is 1. The van der Waals surface area contributed by atoms with Gasteiger partial charge < -0.3 is 9.57 Å². The van der Waals surface area contributed by atoms with Crippen molar-refractivity contribution < 1.29 is 22.8 Å². The number of hydrogen-bond donors (Lipinski definition) is 0. The zero-order valence-electron chi connectivity index (χ0n) is 15.2. The first-order valence-electron chi connectivity index (χ1n) is 8.86. The molecule has 1 aliphatic rings. The molecule has 0 aliphatic heterocycles. The van der Waals surface area contributed by atoms with E-state index in [0.717, 1.165) is 36.6 Å². The van der Waals surface area contributed by atoms with Crippen LogP contribution in [0.3, 0.4) is 0 Å². The summed E-state index contributed by atoms with van der Waals surface area (Å²) in [6.07, 6.45) is 4.56. The van der Waals surface area contributed by atoms with Gasteiger partial charge in [-0.3, -0.25) is 4.79 Å². The Morgan fingerprint density at radius 1 is 1.19 bits per heavy atom. The number of benzene rings is 1. The van der Waals surface area contributed by atoms with Crippen molar-refractivity contribution in [2.45, 2.75) is 50.8 Å². The summed E-state index contributed by atoms with van der Waals surface area (Å²) in [6, 6.07) is 5.98. The molecule has 0 bridgehead atoms. The molecule has 0 radical (unpaired) electrons. The molecule has 1 saturated carbocycles. The third-order valence-electron chi connectivity index (χ3n) is 4.27. The summed E-state index contributed by atoms with van der Waals surface area (Å²) in [4.78, 5) is 17.6. The lowest BCUT2D eigenvalue weighted by Crippen LogP contribution is -2.36. The highest BCUT2D eigenvalue weighted by atomic mass is 32.2. The van der Waals surface area contributed by atoms with Gasteiger partial charge in [0, 0.05) is 6.54 Å². The molecule has 26 heavy (non-hydrogen) atoms. The summed E-state index contributed by atoms with van der Waals surface area (Å²) in [5.74, 6) is 5.32. The van der Waals surface area contributed by atoms with Crippen LogP contribution >= 0.6 is 0 Å². The van der Waals surface area contributed by atoms with Gasteiger partial charge in [0.15, 0.2) is 0 Å². The molecular formula is C19H25NO5S. The van der Waals surface area contributed by atoms with Crippen molar-refractivity contribution in [1.29, 1.82) is 0 Å². The van der Waals surface area contributed by atoms with Crippen LogP contribution in [0.4, 0.5) is 0 Å². The number of carbonyl (C=O) groups excluding carboxylic acids is 1. The van der Waals surface area contributed by atoms with Gasteiger partial charge in [0.2, 0.25) is 0 Å². The monoisotopic (exact) mass is 379 g/mol. The van der Waals surface area contributed by atoms with Crippen molar-refractivity contribution in [2.75, 3.05) is 13.2 Å². The normalized spacial score (nSPS) is 15.2. The Morgan fingerprint density at radius 3 is 2.42 bits per heavy atom. The maximum Gasteiger partial charge on any atom is 0.329 e. The summed E-state index contributed by atoms with van der Waals surface area (Å²) in [5, 5.41) is 0. The van der Waals surface area contributed by atoms with Gasteiger partial charge in [0.1, 0.15) is 12.4 Å². The fraction of sp³-hybridized carbons (Fsp3) is 0.526. The van der Waals surface area contributed by atoms with Crippen LogP contribution < -0.4 is 4.74 Å². The Kier molecular flexibility index (Phi) is 7.49. The van der Waals surface area contributed by atoms with Crippen molar-refractivity contribution in [3.05, 3.63) is 24.3 Å². The average molecular weight is 379 g/mol. The third kappa shape index (κ3) is 5.23. The van der Waals surface area contributed by atoms with Crippen LogP contribution in [0, 0.1) is 17.8 Å². The van der Waals surface area contributed by atoms with E-state index in [1.165, 1.54) is 12.1 Å². The number of hydrogen-bond acceptors (Lipinski definition) is 5. The van der Waals surface area contributed by atoms with Crippen molar-refractivity contribution in [3.8, 4) is 17.6 Å². The highest BCUT2D eigenvalue weighted by molar-refractivity contribution is 7.89. The zero-order valence-corrected chi connectivity index (χ0v) is 16.0. The first kappa shape index (κ1) is 20.3. The summed E-state index contributed by atoms with van der Waals surface area (Å²) < 4.78 is 31.6. The van der Waals surface area contributed by atoms with Crippen molar-refractivity contribution in [2.24, 2.45) is 5.92 Å². The maximum absolute atomic E-state index is 12.7. The SMILES string of the molecule is CC#CCOc1ccc(S(=O)(=O)N(CC)OC(=O)C2CCCCC2)cc1. The largest absolute Gasteiger partial charge is 0.481 e. The minimum Gasteiger partial charge on any atom is -0.481 e. The topological polar surface area (TPSA) is 72.9 Å². The number of rotatable bonds is 7. The molecule has 0 heterocycles. The number of nitrogens with zero attached hydrogens (tertiary/aromatic N) is 1. The molecule has 1 fully saturated rings. The van der Waals surface area contributed by atoms with E-state index in [-0.39, 0.29) is 24.0 Å². The maximum atomic E-state index is 12.7. The van der Waals surface area contributed by atoms with Gasteiger partial charge in [0.25, 0.3) is 10.0 Å². The van der Waals surface area contributed by atoms with E-state index in [1.807, 2.05) is 0 Å². The van der Waals surface area contributed by atoms with Gasteiger partial charge in [0.05, 0.1) is 10.8 Å². The van der Waals surface area contributed by atoms with Crippen LogP contribution in [-0.2, 0) is 19.7 Å². The van der Waals surface area contributed by atoms with Crippen LogP contribution in [0.5, 0.6) is 5.75 Å². The Bertz CT molecular complexity index is 755. The lowest BCUT2D eigenvalue weighted by molar-refractivity contribution is -0.175. The lowest BCUT2D eigenvalue weighted by Gasteiger charge is -2.24. The molecule has 1 aromatic carbocycles. The molecular weight excluding hydrogens is 354 g/mol. The summed E-state index contributed by atoms with van der Waals surface area (Å²) >= 11 is 0. The molecule has 0 atom stereocenters. The average Bonchev–Trinajstić information content (AvgIpc) is 2.67. The molecule has 1 aromatic rings. The second-order valence-corrected chi connectivity index (χ2v) is 7.88. The van der Waals surface area contributed by atoms with Crippen LogP contribution in [-0.4, -0.2) is 32.0 Å². The van der Waals surface area contributed by atoms with Crippen LogP contribution in [0.2, 0.25) is 0 Å². The fourth-order valence-corrected chi connectivity index (χ4v) is 4.04. The Labute approximate surface area is 155 Å². The Balaban J connectivity index is 2.07. The van der Waals surface area contributed by atoms with E-state index in [0.29, 0.717) is 5.75 Å². The van der Waals surface area contributed by atoms with Crippen LogP contribution in [0.15, 0.2) is 29.2 Å². The molecule has 0 unspecified atom stereocenters. The van der Waals surface area contributed by atoms with Crippen molar-refractivity contribution in [1.82, 2.24) is 4.47 Å². The molecule has 6 nitrogen and oxygen atoms in total. The fourth-order valence-electron chi connectivity index (χ4n) is 2.81. The third-order valence-corrected chi connectivity index (χ3v) is 6.00. The Hall–Kier alpha value is -2.04. The van der Waals surface area contributed by atoms with Crippen LogP contribution in [0.25, 0.3) is 0 Å². The smallest absolute Gasteiger partial charge is 0.329 e. The van der Waals surface area contributed by atoms with E-state index in [9.17, 15) is 13.2 Å². The van der Waals surface area contributed by atoms with E-state index < -0.39 is 16.0 Å². The van der Waals surface area contributed by atoms with Crippen LogP contribution in [0.1, 0.15) is 46.0 Å². The van der Waals surface area contributed by atoms with Gasteiger partial charge >= 0.3 is 5.97 Å². The number of sulfonamides is 1. The molecule has 0 saturated heterocycles. The number of ether oxygens (including phenoxy) is 1. The van der Waals surface area contributed by atoms with Gasteiger partial charge in [-0.15, -0.1) is 5.92 Å². The molecule has 0 N–H and O–H groups in total. The van der Waals surface area contributed by atoms with E-state index in [2.05, 4.69) is 11.8 Å². The minimum absolute atomic E-state index is 0.0460. The summed E-state index contributed by atoms with van der Waals surface area (Å²) in [7, 11) is -3.92. The zero-order chi connectivity index (χ0) is 19.0. The predicted octanol–water partition coefficient (Wildman–Crippen LogP) is 3.14. The molecule has 0 aromatic heterocycles. The summed E-state index contributed by atoms with van der Waals surface area (Å²) in [5.41, 5.74) is 0. The van der Waals surface area contributed by atoms with Gasteiger partial charge in [-0.05, 0) is 55.4 Å². The molecule has 0 spiro atoms. The van der Waals surface area contributed by atoms with Gasteiger partial charge in [-0.2, -0.15) is 0 Å². The Morgan fingerprint density at radius 2 is 1.85 bits per heavy atom. The molecule has 1 aliphatic carbocycles. The molecule has 7 heteroatoms. The van der Waals surface area contributed by atoms with Gasteiger partial charge in [-0.1, -0.05) is 25.2 Å². The quantitative estimate of drug-likeness (QED) is 0.537. The first-order valence-corrected chi connectivity index (χ1v) is 10.3. The first-order chi connectivity index (χ1) is 12.5. The lowest BCUT2D eigenvalue weighted by atomic mass is 9.89.